The van der Waals surface area contributed by atoms with E-state index in [0.29, 0.717) is 0 Å². The molecule has 0 aromatic carbocycles. The van der Waals surface area contributed by atoms with Crippen LogP contribution in [0.25, 0.3) is 0 Å². The summed E-state index contributed by atoms with van der Waals surface area (Å²) < 4.78 is 0. The number of nitrogens with two attached hydrogens (primary N) is 1. The molecule has 5 heteroatoms. The molecule has 0 radical (unpaired) electrons. The number of likely N-dealkylation sites (N-methyl/N-ethyl adjacent to an activating group) is 1. The number of aliphatic carboxylic acids is 1. The van der Waals surface area contributed by atoms with Gasteiger partial charge in [-0.25, -0.2) is 4.79 Å². The first-order chi connectivity index (χ1) is 7.00. The van der Waals surface area contributed by atoms with Crippen LogP contribution in [0.2, 0.25) is 0 Å². The predicted molar refractivity (Wildman–Crippen MR) is 52.8 cm³/mol. The van der Waals surface area contributed by atoms with Crippen molar-refractivity contribution in [1.82, 2.24) is 4.90 Å². The molecule has 1 aliphatic heterocycles. The van der Waals surface area contributed by atoms with Gasteiger partial charge in [-0.15, -0.1) is 0 Å². The van der Waals surface area contributed by atoms with Crippen molar-refractivity contribution >= 4 is 11.9 Å². The Morgan fingerprint density at radius 3 is 2.40 bits per heavy atom. The van der Waals surface area contributed by atoms with Crippen molar-refractivity contribution in [3.8, 4) is 0 Å². The topological polar surface area (TPSA) is 83.6 Å². The normalized spacial score (nSPS) is 24.3. The van der Waals surface area contributed by atoms with E-state index in [2.05, 4.69) is 0 Å². The lowest BCUT2D eigenvalue weighted by Gasteiger charge is -2.33. The first kappa shape index (κ1) is 10.0. The molecule has 0 atom stereocenters. The molecule has 1 spiro atoms. The van der Waals surface area contributed by atoms with Crippen molar-refractivity contribution < 1.29 is 14.7 Å². The van der Waals surface area contributed by atoms with Crippen LogP contribution in [-0.2, 0) is 9.59 Å². The van der Waals surface area contributed by atoms with Crippen LogP contribution in [0.4, 0.5) is 0 Å². The van der Waals surface area contributed by atoms with Gasteiger partial charge in [0.25, 0.3) is 5.91 Å². The Morgan fingerprint density at radius 2 is 2.00 bits per heavy atom. The molecule has 1 fully saturated rings. The standard InChI is InChI=1S/C10H14N2O3/c1-12-8(13)6(9(14)15)7(11)10(12)4-2-3-5-10/h2-5,11H2,1H3,(H,14,15). The Morgan fingerprint density at radius 1 is 1.47 bits per heavy atom. The summed E-state index contributed by atoms with van der Waals surface area (Å²) in [7, 11) is 1.64. The molecule has 1 saturated carbocycles. The van der Waals surface area contributed by atoms with Crippen LogP contribution >= 0.6 is 0 Å². The Kier molecular flexibility index (Phi) is 1.99. The van der Waals surface area contributed by atoms with Crippen LogP contribution in [0.5, 0.6) is 0 Å². The summed E-state index contributed by atoms with van der Waals surface area (Å²) in [6.45, 7) is 0. The number of carbonyl (C=O) groups is 2. The monoisotopic (exact) mass is 210 g/mol. The summed E-state index contributed by atoms with van der Waals surface area (Å²) in [6, 6.07) is 0. The van der Waals surface area contributed by atoms with Gasteiger partial charge in [0.15, 0.2) is 0 Å². The number of carbonyl (C=O) groups excluding carboxylic acids is 1. The number of carboxylic acid groups (broad SMARTS) is 1. The lowest BCUT2D eigenvalue weighted by Crippen LogP contribution is -2.45. The van der Waals surface area contributed by atoms with Gasteiger partial charge in [0, 0.05) is 7.05 Å². The second kappa shape index (κ2) is 2.98. The van der Waals surface area contributed by atoms with Gasteiger partial charge < -0.3 is 15.7 Å². The van der Waals surface area contributed by atoms with E-state index < -0.39 is 17.4 Å². The average Bonchev–Trinajstić information content (AvgIpc) is 2.70. The quantitative estimate of drug-likeness (QED) is 0.600. The van der Waals surface area contributed by atoms with E-state index in [1.54, 1.807) is 7.05 Å². The molecule has 3 N–H and O–H groups in total. The number of nitrogens with zero attached hydrogens (tertiary/aromatic N) is 1. The van der Waals surface area contributed by atoms with Crippen LogP contribution in [0, 0.1) is 0 Å². The zero-order chi connectivity index (χ0) is 11.2. The lowest BCUT2D eigenvalue weighted by molar-refractivity contribution is -0.137. The van der Waals surface area contributed by atoms with Crippen LogP contribution in [0.15, 0.2) is 11.3 Å². The van der Waals surface area contributed by atoms with Crippen molar-refractivity contribution in [2.75, 3.05) is 7.05 Å². The summed E-state index contributed by atoms with van der Waals surface area (Å²) in [6.07, 6.45) is 3.53. The largest absolute Gasteiger partial charge is 0.477 e. The molecular formula is C10H14N2O3. The minimum atomic E-state index is -1.21. The minimum absolute atomic E-state index is 0.237. The molecule has 1 amide bonds. The SMILES string of the molecule is CN1C(=O)C(C(=O)O)=C(N)C12CCCC2. The molecule has 0 bridgehead atoms. The Balaban J connectivity index is 2.51. The fourth-order valence-electron chi connectivity index (χ4n) is 2.66. The number of rotatable bonds is 1. The second-order valence-electron chi connectivity index (χ2n) is 4.20. The smallest absolute Gasteiger partial charge is 0.343 e. The molecule has 15 heavy (non-hydrogen) atoms. The van der Waals surface area contributed by atoms with Gasteiger partial charge >= 0.3 is 5.97 Å². The molecule has 2 rings (SSSR count). The van der Waals surface area contributed by atoms with Gasteiger partial charge in [0.05, 0.1) is 11.2 Å². The maximum absolute atomic E-state index is 11.7. The number of hydrogen-bond donors (Lipinski definition) is 2. The summed E-state index contributed by atoms with van der Waals surface area (Å²) in [4.78, 5) is 24.1. The number of carboxylic acids is 1. The van der Waals surface area contributed by atoms with Gasteiger partial charge in [0.1, 0.15) is 5.57 Å². The molecule has 82 valence electrons. The number of hydrogen-bond acceptors (Lipinski definition) is 3. The van der Waals surface area contributed by atoms with E-state index in [4.69, 9.17) is 10.8 Å². The van der Waals surface area contributed by atoms with Crippen LogP contribution in [0.1, 0.15) is 25.7 Å². The van der Waals surface area contributed by atoms with E-state index in [9.17, 15) is 9.59 Å². The lowest BCUT2D eigenvalue weighted by atomic mass is 9.93. The summed E-state index contributed by atoms with van der Waals surface area (Å²) in [5.41, 5.74) is 5.34. The molecule has 2 aliphatic rings. The Bertz CT molecular complexity index is 367. The molecule has 0 aromatic rings. The maximum atomic E-state index is 11.7. The van der Waals surface area contributed by atoms with Crippen molar-refractivity contribution in [2.24, 2.45) is 5.73 Å². The fourth-order valence-corrected chi connectivity index (χ4v) is 2.66. The van der Waals surface area contributed by atoms with Crippen molar-refractivity contribution in [1.29, 1.82) is 0 Å². The second-order valence-corrected chi connectivity index (χ2v) is 4.20. The third-order valence-electron chi connectivity index (χ3n) is 3.58. The molecular weight excluding hydrogens is 196 g/mol. The first-order valence-corrected chi connectivity index (χ1v) is 5.02. The van der Waals surface area contributed by atoms with E-state index in [1.807, 2.05) is 0 Å². The molecule has 0 saturated heterocycles. The molecule has 0 aromatic heterocycles. The van der Waals surface area contributed by atoms with Crippen LogP contribution < -0.4 is 5.73 Å². The molecule has 0 unspecified atom stereocenters. The van der Waals surface area contributed by atoms with Gasteiger partial charge in [0.2, 0.25) is 0 Å². The Labute approximate surface area is 87.5 Å². The fraction of sp³-hybridized carbons (Fsp3) is 0.600. The van der Waals surface area contributed by atoms with Crippen molar-refractivity contribution in [3.63, 3.8) is 0 Å². The highest BCUT2D eigenvalue weighted by Crippen LogP contribution is 2.44. The summed E-state index contributed by atoms with van der Waals surface area (Å²) >= 11 is 0. The predicted octanol–water partition coefficient (Wildman–Crippen LogP) is 0.0686. The van der Waals surface area contributed by atoms with E-state index in [1.165, 1.54) is 4.90 Å². The highest BCUT2D eigenvalue weighted by Gasteiger charge is 2.51. The Hall–Kier alpha value is -1.52. The van der Waals surface area contributed by atoms with Crippen molar-refractivity contribution in [3.05, 3.63) is 11.3 Å². The zero-order valence-corrected chi connectivity index (χ0v) is 8.62. The third kappa shape index (κ3) is 1.09. The van der Waals surface area contributed by atoms with Gasteiger partial charge in [-0.1, -0.05) is 12.8 Å². The third-order valence-corrected chi connectivity index (χ3v) is 3.58. The van der Waals surface area contributed by atoms with Crippen LogP contribution in [-0.4, -0.2) is 34.5 Å². The highest BCUT2D eigenvalue weighted by atomic mass is 16.4. The summed E-state index contributed by atoms with van der Waals surface area (Å²) in [5.74, 6) is -1.67. The number of amides is 1. The first-order valence-electron chi connectivity index (χ1n) is 5.02. The van der Waals surface area contributed by atoms with Gasteiger partial charge in [-0.2, -0.15) is 0 Å². The van der Waals surface area contributed by atoms with Gasteiger partial charge in [-0.05, 0) is 12.8 Å². The van der Waals surface area contributed by atoms with E-state index >= 15 is 0 Å². The summed E-state index contributed by atoms with van der Waals surface area (Å²) in [5, 5.41) is 8.93. The molecule has 5 nitrogen and oxygen atoms in total. The zero-order valence-electron chi connectivity index (χ0n) is 8.62. The van der Waals surface area contributed by atoms with Crippen molar-refractivity contribution in [2.45, 2.75) is 31.2 Å². The van der Waals surface area contributed by atoms with E-state index in [0.717, 1.165) is 25.7 Å². The minimum Gasteiger partial charge on any atom is -0.477 e. The average molecular weight is 210 g/mol. The van der Waals surface area contributed by atoms with Gasteiger partial charge in [-0.3, -0.25) is 4.79 Å². The highest BCUT2D eigenvalue weighted by molar-refractivity contribution is 6.18. The van der Waals surface area contributed by atoms with Crippen LogP contribution in [0.3, 0.4) is 0 Å². The molecule has 1 heterocycles. The maximum Gasteiger partial charge on any atom is 0.343 e. The van der Waals surface area contributed by atoms with E-state index in [-0.39, 0.29) is 11.3 Å². The molecule has 1 aliphatic carbocycles.